The highest BCUT2D eigenvalue weighted by Crippen LogP contribution is 2.76. The summed E-state index contributed by atoms with van der Waals surface area (Å²) in [6.07, 6.45) is 0. The summed E-state index contributed by atoms with van der Waals surface area (Å²) in [4.78, 5) is 1.46. The third-order valence-electron chi connectivity index (χ3n) is 8.36. The minimum Gasteiger partial charge on any atom is -0.298 e. The Morgan fingerprint density at radius 1 is 0.375 bits per heavy atom. The lowest BCUT2D eigenvalue weighted by atomic mass is 10.0. The predicted molar refractivity (Wildman–Crippen MR) is 171 cm³/mol. The summed E-state index contributed by atoms with van der Waals surface area (Å²) in [5.74, 6) is 2.16. The summed E-state index contributed by atoms with van der Waals surface area (Å²) in [6.45, 7) is 0. The average Bonchev–Trinajstić information content (AvgIpc) is 3.54. The van der Waals surface area contributed by atoms with Crippen molar-refractivity contribution in [2.75, 3.05) is 4.31 Å². The molecule has 0 radical (unpaired) electrons. The lowest BCUT2D eigenvalue weighted by Crippen LogP contribution is -2.15. The quantitative estimate of drug-likeness (QED) is 0.219. The molecule has 8 rings (SSSR count). The van der Waals surface area contributed by atoms with Gasteiger partial charge in [0.25, 0.3) is 0 Å². The Hall–Kier alpha value is -4.53. The van der Waals surface area contributed by atoms with Crippen molar-refractivity contribution in [3.8, 4) is 33.4 Å². The Labute approximate surface area is 237 Å². The molecule has 2 heteroatoms. The van der Waals surface area contributed by atoms with Crippen molar-refractivity contribution < 1.29 is 0 Å². The number of fused-ring (bicyclic) bond motifs is 5. The molecule has 0 bridgehead atoms. The molecule has 0 unspecified atom stereocenters. The zero-order valence-electron chi connectivity index (χ0n) is 22.2. The minimum atomic E-state index is -1.33. The lowest BCUT2D eigenvalue weighted by molar-refractivity contribution is 1.32. The smallest absolute Gasteiger partial charge is 0.0558 e. The number of hydrogen-bond acceptors (Lipinski definition) is 1. The molecular formula is C38H29NS. The third-order valence-corrected chi connectivity index (χ3v) is 12.2. The molecule has 40 heavy (non-hydrogen) atoms. The summed E-state index contributed by atoms with van der Waals surface area (Å²) in [7, 11) is -1.33. The van der Waals surface area contributed by atoms with E-state index in [-0.39, 0.29) is 0 Å². The molecule has 6 aromatic carbocycles. The Kier molecular flexibility index (Phi) is 5.43. The van der Waals surface area contributed by atoms with Crippen LogP contribution in [-0.2, 0) is 11.5 Å². The molecule has 0 saturated heterocycles. The second-order valence-corrected chi connectivity index (χ2v) is 13.8. The fourth-order valence-corrected chi connectivity index (χ4v) is 10.5. The van der Waals surface area contributed by atoms with E-state index < -0.39 is 10.2 Å². The van der Waals surface area contributed by atoms with Crippen LogP contribution in [0.25, 0.3) is 33.4 Å². The fraction of sp³-hybridized carbons (Fsp3) is 0.0526. The molecular weight excluding hydrogens is 502 g/mol. The van der Waals surface area contributed by atoms with Gasteiger partial charge in [-0.1, -0.05) is 127 Å². The Bertz CT molecular complexity index is 1730. The topological polar surface area (TPSA) is 3.24 Å². The molecule has 0 aromatic heterocycles. The van der Waals surface area contributed by atoms with Crippen LogP contribution in [0.15, 0.2) is 157 Å². The Morgan fingerprint density at radius 3 is 1.20 bits per heavy atom. The summed E-state index contributed by atoms with van der Waals surface area (Å²) in [6, 6.07) is 55.9. The highest BCUT2D eigenvalue weighted by Gasteiger charge is 2.47. The molecule has 0 amide bonds. The molecule has 0 spiro atoms. The molecule has 0 atom stereocenters. The van der Waals surface area contributed by atoms with Gasteiger partial charge in [-0.3, -0.25) is 4.31 Å². The minimum absolute atomic E-state index is 1.08. The SMILES string of the molecule is c1ccc(-c2ccc(S34Cc5ccc(-c6ccccc6)cc5N3c3cc(-c5ccccc5)ccc3C4)cc2)cc1. The largest absolute Gasteiger partial charge is 0.298 e. The number of hydrogen-bond donors (Lipinski definition) is 0. The van der Waals surface area contributed by atoms with Crippen LogP contribution in [0.5, 0.6) is 0 Å². The number of rotatable bonds is 4. The molecule has 0 saturated carbocycles. The molecule has 6 aromatic rings. The van der Waals surface area contributed by atoms with E-state index in [9.17, 15) is 0 Å². The van der Waals surface area contributed by atoms with E-state index in [0.717, 1.165) is 11.5 Å². The molecule has 2 aliphatic rings. The van der Waals surface area contributed by atoms with Gasteiger partial charge in [-0.15, -0.1) is 10.2 Å². The molecule has 192 valence electrons. The van der Waals surface area contributed by atoms with Crippen LogP contribution in [0.1, 0.15) is 11.1 Å². The van der Waals surface area contributed by atoms with E-state index in [4.69, 9.17) is 0 Å². The highest BCUT2D eigenvalue weighted by atomic mass is 32.3. The summed E-state index contributed by atoms with van der Waals surface area (Å²) in [5, 5.41) is 0. The molecule has 0 N–H and O–H groups in total. The molecule has 2 heterocycles. The van der Waals surface area contributed by atoms with Gasteiger partial charge in [0.1, 0.15) is 0 Å². The zero-order chi connectivity index (χ0) is 26.5. The lowest BCUT2D eigenvalue weighted by Gasteiger charge is -2.40. The van der Waals surface area contributed by atoms with Crippen molar-refractivity contribution in [1.29, 1.82) is 0 Å². The molecule has 0 fully saturated rings. The predicted octanol–water partition coefficient (Wildman–Crippen LogP) is 10.6. The zero-order valence-corrected chi connectivity index (χ0v) is 23.0. The Balaban J connectivity index is 1.29. The van der Waals surface area contributed by atoms with Crippen molar-refractivity contribution in [2.24, 2.45) is 0 Å². The van der Waals surface area contributed by atoms with Crippen LogP contribution in [0.4, 0.5) is 11.4 Å². The normalized spacial score (nSPS) is 15.2. The van der Waals surface area contributed by atoms with Gasteiger partial charge < -0.3 is 0 Å². The van der Waals surface area contributed by atoms with E-state index in [2.05, 4.69) is 156 Å². The van der Waals surface area contributed by atoms with Crippen LogP contribution >= 0.6 is 10.2 Å². The molecule has 0 aliphatic carbocycles. The van der Waals surface area contributed by atoms with Crippen molar-refractivity contribution in [2.45, 2.75) is 16.4 Å². The van der Waals surface area contributed by atoms with Crippen molar-refractivity contribution >= 4 is 21.6 Å². The summed E-state index contributed by atoms with van der Waals surface area (Å²) in [5.41, 5.74) is 13.3. The van der Waals surface area contributed by atoms with Crippen molar-refractivity contribution in [1.82, 2.24) is 0 Å². The van der Waals surface area contributed by atoms with E-state index in [1.165, 1.54) is 60.8 Å². The van der Waals surface area contributed by atoms with Crippen LogP contribution < -0.4 is 4.31 Å². The van der Waals surface area contributed by atoms with E-state index in [1.54, 1.807) is 0 Å². The first-order chi connectivity index (χ1) is 19.8. The third kappa shape index (κ3) is 3.71. The van der Waals surface area contributed by atoms with Gasteiger partial charge in [0.05, 0.1) is 11.4 Å². The maximum atomic E-state index is 2.74. The van der Waals surface area contributed by atoms with Gasteiger partial charge in [-0.25, -0.2) is 0 Å². The van der Waals surface area contributed by atoms with Gasteiger partial charge in [0.15, 0.2) is 0 Å². The summed E-state index contributed by atoms with van der Waals surface area (Å²) < 4.78 is 2.74. The molecule has 1 nitrogen and oxygen atoms in total. The molecule has 2 aliphatic heterocycles. The van der Waals surface area contributed by atoms with Crippen molar-refractivity contribution in [3.63, 3.8) is 0 Å². The van der Waals surface area contributed by atoms with Gasteiger partial charge in [-0.2, -0.15) is 0 Å². The maximum Gasteiger partial charge on any atom is 0.0558 e. The van der Waals surface area contributed by atoms with Gasteiger partial charge in [-0.05, 0) is 68.8 Å². The first-order valence-corrected chi connectivity index (χ1v) is 15.8. The monoisotopic (exact) mass is 531 g/mol. The Morgan fingerprint density at radius 2 is 0.750 bits per heavy atom. The van der Waals surface area contributed by atoms with Crippen LogP contribution in [0.2, 0.25) is 0 Å². The highest BCUT2D eigenvalue weighted by molar-refractivity contribution is 8.34. The van der Waals surface area contributed by atoms with E-state index in [0.29, 0.717) is 0 Å². The van der Waals surface area contributed by atoms with Crippen LogP contribution in [-0.4, -0.2) is 0 Å². The van der Waals surface area contributed by atoms with Gasteiger partial charge in [0, 0.05) is 16.4 Å². The fourth-order valence-electron chi connectivity index (χ4n) is 6.37. The van der Waals surface area contributed by atoms with Crippen LogP contribution in [0.3, 0.4) is 0 Å². The number of benzene rings is 6. The second-order valence-electron chi connectivity index (χ2n) is 10.7. The second kappa shape index (κ2) is 9.29. The average molecular weight is 532 g/mol. The van der Waals surface area contributed by atoms with Gasteiger partial charge >= 0.3 is 0 Å². The first kappa shape index (κ1) is 23.4. The number of anilines is 2. The maximum absolute atomic E-state index is 2.74. The standard InChI is InChI=1S/C38H29NS/c1-4-10-28(11-5-1)31-20-22-36(23-21-31)40-26-34-18-16-32(29-12-6-2-7-13-29)24-37(34)39(40)38-25-33(17-19-35(38)27-40)30-14-8-3-9-15-30/h1-25H,26-27H2. The first-order valence-electron chi connectivity index (χ1n) is 13.9. The van der Waals surface area contributed by atoms with Crippen molar-refractivity contribution in [3.05, 3.63) is 163 Å². The number of nitrogens with zero attached hydrogens (tertiary/aromatic N) is 1. The summed E-state index contributed by atoms with van der Waals surface area (Å²) >= 11 is 0. The van der Waals surface area contributed by atoms with E-state index >= 15 is 0 Å². The van der Waals surface area contributed by atoms with E-state index in [1.807, 2.05) is 0 Å². The van der Waals surface area contributed by atoms with Gasteiger partial charge in [0.2, 0.25) is 0 Å². The van der Waals surface area contributed by atoms with Crippen LogP contribution in [0, 0.1) is 0 Å².